The molecule has 0 saturated carbocycles. The van der Waals surface area contributed by atoms with Crippen LogP contribution in [0.5, 0.6) is 0 Å². The van der Waals surface area contributed by atoms with Gasteiger partial charge in [-0.1, -0.05) is 30.1 Å². The molecule has 0 atom stereocenters. The summed E-state index contributed by atoms with van der Waals surface area (Å²) in [6, 6.07) is 1.87. The second-order valence-corrected chi connectivity index (χ2v) is 7.00. The van der Waals surface area contributed by atoms with Gasteiger partial charge in [0, 0.05) is 58.6 Å². The van der Waals surface area contributed by atoms with Crippen LogP contribution in [0, 0.1) is 0 Å². The molecule has 1 aromatic heterocycles. The zero-order valence-corrected chi connectivity index (χ0v) is 17.0. The maximum absolute atomic E-state index is 6.11. The number of nitrogens with zero attached hydrogens (tertiary/aromatic N) is 4. The van der Waals surface area contributed by atoms with E-state index < -0.39 is 0 Å². The quantitative estimate of drug-likeness (QED) is 0.554. The van der Waals surface area contributed by atoms with Crippen molar-refractivity contribution in [1.82, 2.24) is 25.0 Å². The van der Waals surface area contributed by atoms with E-state index in [1.54, 1.807) is 0 Å². The highest BCUT2D eigenvalue weighted by atomic mass is 35.5. The predicted octanol–water partition coefficient (Wildman–Crippen LogP) is 2.02. The van der Waals surface area contributed by atoms with Gasteiger partial charge in [0.05, 0.1) is 11.6 Å². The van der Waals surface area contributed by atoms with Crippen LogP contribution >= 0.6 is 23.2 Å². The summed E-state index contributed by atoms with van der Waals surface area (Å²) in [5.74, 6) is 0.822. The summed E-state index contributed by atoms with van der Waals surface area (Å²) in [4.78, 5) is 9.63. The summed E-state index contributed by atoms with van der Waals surface area (Å²) in [6.45, 7) is 13.3. The molecule has 2 rings (SSSR count). The first kappa shape index (κ1) is 20.4. The zero-order chi connectivity index (χ0) is 18.2. The second-order valence-electron chi connectivity index (χ2n) is 6.23. The molecule has 1 aliphatic heterocycles. The number of piperazine rings is 1. The number of aromatic nitrogens is 1. The number of nitrogens with one attached hydrogen (secondary N) is 2. The van der Waals surface area contributed by atoms with E-state index in [1.165, 1.54) is 13.1 Å². The largest absolute Gasteiger partial charge is 0.357 e. The van der Waals surface area contributed by atoms with Crippen LogP contribution in [0.3, 0.4) is 0 Å². The molecule has 0 bridgehead atoms. The smallest absolute Gasteiger partial charge is 0.191 e. The third kappa shape index (κ3) is 6.06. The lowest BCUT2D eigenvalue weighted by Gasteiger charge is -2.34. The highest BCUT2D eigenvalue weighted by molar-refractivity contribution is 6.41. The molecule has 0 amide bonds. The maximum Gasteiger partial charge on any atom is 0.191 e. The van der Waals surface area contributed by atoms with Crippen molar-refractivity contribution in [3.8, 4) is 0 Å². The van der Waals surface area contributed by atoms with Crippen molar-refractivity contribution >= 4 is 29.2 Å². The lowest BCUT2D eigenvalue weighted by Crippen LogP contribution is -2.49. The maximum atomic E-state index is 6.11. The minimum Gasteiger partial charge on any atom is -0.357 e. The fraction of sp³-hybridized carbons (Fsp3) is 0.706. The highest BCUT2D eigenvalue weighted by Gasteiger charge is 2.14. The SMILES string of the molecule is CCNC(=NCc1cc(Cl)c(Cl)n1C)NCCN1CCN(CC)CC1. The fourth-order valence-corrected chi connectivity index (χ4v) is 3.32. The van der Waals surface area contributed by atoms with Crippen LogP contribution in [0.15, 0.2) is 11.1 Å². The van der Waals surface area contributed by atoms with E-state index in [9.17, 15) is 0 Å². The summed E-state index contributed by atoms with van der Waals surface area (Å²) in [6.07, 6.45) is 0. The van der Waals surface area contributed by atoms with E-state index >= 15 is 0 Å². The molecular formula is C17H30Cl2N6. The van der Waals surface area contributed by atoms with Gasteiger partial charge in [0.1, 0.15) is 5.15 Å². The van der Waals surface area contributed by atoms with Crippen LogP contribution in [0.2, 0.25) is 10.2 Å². The molecule has 25 heavy (non-hydrogen) atoms. The number of rotatable bonds is 7. The first-order valence-corrected chi connectivity index (χ1v) is 9.77. The lowest BCUT2D eigenvalue weighted by molar-refractivity contribution is 0.139. The minimum atomic E-state index is 0.535. The van der Waals surface area contributed by atoms with Gasteiger partial charge in [0.2, 0.25) is 0 Å². The Morgan fingerprint density at radius 2 is 1.80 bits per heavy atom. The number of hydrogen-bond acceptors (Lipinski definition) is 3. The van der Waals surface area contributed by atoms with Crippen molar-refractivity contribution in [2.75, 3.05) is 52.4 Å². The molecule has 0 spiro atoms. The summed E-state index contributed by atoms with van der Waals surface area (Å²) in [7, 11) is 1.90. The van der Waals surface area contributed by atoms with Crippen molar-refractivity contribution in [1.29, 1.82) is 0 Å². The summed E-state index contributed by atoms with van der Waals surface area (Å²) in [5, 5.41) is 7.82. The molecule has 0 unspecified atom stereocenters. The van der Waals surface area contributed by atoms with E-state index in [-0.39, 0.29) is 0 Å². The Morgan fingerprint density at radius 1 is 1.12 bits per heavy atom. The van der Waals surface area contributed by atoms with Crippen LogP contribution in [0.4, 0.5) is 0 Å². The number of guanidine groups is 1. The van der Waals surface area contributed by atoms with E-state index in [4.69, 9.17) is 23.2 Å². The molecule has 1 fully saturated rings. The Hall–Kier alpha value is -0.950. The molecule has 0 aliphatic carbocycles. The zero-order valence-electron chi connectivity index (χ0n) is 15.5. The molecule has 8 heteroatoms. The molecule has 142 valence electrons. The Balaban J connectivity index is 1.80. The molecule has 1 aliphatic rings. The number of hydrogen-bond donors (Lipinski definition) is 2. The van der Waals surface area contributed by atoms with Gasteiger partial charge in [-0.15, -0.1) is 0 Å². The standard InChI is InChI=1S/C17H30Cl2N6/c1-4-20-17(22-13-14-12-15(18)16(19)23(14)3)21-6-7-25-10-8-24(5-2)9-11-25/h12H,4-11,13H2,1-3H3,(H2,20,21,22). The van der Waals surface area contributed by atoms with E-state index in [0.29, 0.717) is 16.7 Å². The Morgan fingerprint density at radius 3 is 2.36 bits per heavy atom. The summed E-state index contributed by atoms with van der Waals surface area (Å²) in [5.41, 5.74) is 0.989. The van der Waals surface area contributed by atoms with E-state index in [2.05, 4.69) is 39.3 Å². The van der Waals surface area contributed by atoms with Gasteiger partial charge in [-0.25, -0.2) is 4.99 Å². The van der Waals surface area contributed by atoms with Gasteiger partial charge >= 0.3 is 0 Å². The van der Waals surface area contributed by atoms with E-state index in [0.717, 1.165) is 50.9 Å². The van der Waals surface area contributed by atoms with Crippen LogP contribution in [0.1, 0.15) is 19.5 Å². The van der Waals surface area contributed by atoms with Crippen molar-refractivity contribution in [2.24, 2.45) is 12.0 Å². The van der Waals surface area contributed by atoms with Gasteiger partial charge < -0.3 is 20.1 Å². The number of likely N-dealkylation sites (N-methyl/N-ethyl adjacent to an activating group) is 1. The van der Waals surface area contributed by atoms with Gasteiger partial charge in [-0.2, -0.15) is 0 Å². The van der Waals surface area contributed by atoms with E-state index in [1.807, 2.05) is 17.7 Å². The molecule has 1 saturated heterocycles. The number of aliphatic imine (C=N–C) groups is 1. The molecule has 1 aromatic rings. The Kier molecular flexibility index (Phi) is 8.36. The molecule has 0 aromatic carbocycles. The van der Waals surface area contributed by atoms with Crippen molar-refractivity contribution < 1.29 is 0 Å². The van der Waals surface area contributed by atoms with Crippen molar-refractivity contribution in [3.63, 3.8) is 0 Å². The fourth-order valence-electron chi connectivity index (χ4n) is 2.90. The third-order valence-corrected chi connectivity index (χ3v) is 5.43. The average Bonchev–Trinajstić information content (AvgIpc) is 2.87. The van der Waals surface area contributed by atoms with Crippen LogP contribution in [0.25, 0.3) is 0 Å². The van der Waals surface area contributed by atoms with Gasteiger partial charge in [0.25, 0.3) is 0 Å². The normalized spacial score (nSPS) is 17.1. The lowest BCUT2D eigenvalue weighted by atomic mass is 10.3. The molecule has 6 nitrogen and oxygen atoms in total. The second kappa shape index (κ2) is 10.3. The highest BCUT2D eigenvalue weighted by Crippen LogP contribution is 2.25. The predicted molar refractivity (Wildman–Crippen MR) is 107 cm³/mol. The van der Waals surface area contributed by atoms with Crippen molar-refractivity contribution in [2.45, 2.75) is 20.4 Å². The van der Waals surface area contributed by atoms with Crippen LogP contribution in [-0.4, -0.2) is 72.7 Å². The molecule has 2 N–H and O–H groups in total. The minimum absolute atomic E-state index is 0.535. The number of halogens is 2. The van der Waals surface area contributed by atoms with Crippen molar-refractivity contribution in [3.05, 3.63) is 21.9 Å². The van der Waals surface area contributed by atoms with Gasteiger partial charge in [-0.3, -0.25) is 4.90 Å². The Bertz CT molecular complexity index is 564. The van der Waals surface area contributed by atoms with Gasteiger partial charge in [0.15, 0.2) is 5.96 Å². The molecule has 2 heterocycles. The topological polar surface area (TPSA) is 47.8 Å². The third-order valence-electron chi connectivity index (χ3n) is 4.59. The first-order chi connectivity index (χ1) is 12.0. The van der Waals surface area contributed by atoms with Crippen LogP contribution in [-0.2, 0) is 13.6 Å². The molecule has 0 radical (unpaired) electrons. The monoisotopic (exact) mass is 388 g/mol. The van der Waals surface area contributed by atoms with Crippen LogP contribution < -0.4 is 10.6 Å². The van der Waals surface area contributed by atoms with Gasteiger partial charge in [-0.05, 0) is 19.5 Å². The average molecular weight is 389 g/mol. The summed E-state index contributed by atoms with van der Waals surface area (Å²) >= 11 is 12.2. The molecular weight excluding hydrogens is 359 g/mol. The first-order valence-electron chi connectivity index (χ1n) is 9.01. The summed E-state index contributed by atoms with van der Waals surface area (Å²) < 4.78 is 1.87. The Labute approximate surface area is 161 Å².